The maximum atomic E-state index is 13.6. The van der Waals surface area contributed by atoms with Gasteiger partial charge < -0.3 is 15.5 Å². The molecule has 0 aliphatic carbocycles. The highest BCUT2D eigenvalue weighted by Gasteiger charge is 2.16. The van der Waals surface area contributed by atoms with Crippen molar-refractivity contribution in [2.24, 2.45) is 4.99 Å². The predicted octanol–water partition coefficient (Wildman–Crippen LogP) is 2.55. The predicted molar refractivity (Wildman–Crippen MR) is 107 cm³/mol. The number of carbonyl (C=O) groups is 1. The number of aliphatic imine (C=N–C) groups is 1. The highest BCUT2D eigenvalue weighted by Crippen LogP contribution is 2.09. The van der Waals surface area contributed by atoms with Crippen LogP contribution in [-0.4, -0.2) is 49.5 Å². The summed E-state index contributed by atoms with van der Waals surface area (Å²) in [6, 6.07) is 3.38. The number of likely N-dealkylation sites (N-methyl/N-ethyl adjacent to an activating group) is 1. The molecule has 0 saturated carbocycles. The van der Waals surface area contributed by atoms with E-state index in [2.05, 4.69) is 15.6 Å². The van der Waals surface area contributed by atoms with Gasteiger partial charge in [-0.2, -0.15) is 0 Å². The Balaban J connectivity index is 0.00000576. The van der Waals surface area contributed by atoms with Crippen molar-refractivity contribution in [2.45, 2.75) is 32.7 Å². The lowest BCUT2D eigenvalue weighted by Crippen LogP contribution is -2.49. The highest BCUT2D eigenvalue weighted by atomic mass is 127. The molecule has 0 aromatic heterocycles. The molecule has 1 amide bonds. The summed E-state index contributed by atoms with van der Waals surface area (Å²) in [4.78, 5) is 17.7. The summed E-state index contributed by atoms with van der Waals surface area (Å²) < 4.78 is 26.7. The number of carbonyl (C=O) groups excluding carboxylic acids is 1. The summed E-state index contributed by atoms with van der Waals surface area (Å²) in [5.41, 5.74) is -0.00451. The van der Waals surface area contributed by atoms with E-state index in [0.29, 0.717) is 24.5 Å². The third kappa shape index (κ3) is 8.99. The van der Waals surface area contributed by atoms with Crippen LogP contribution in [0.25, 0.3) is 0 Å². The molecule has 1 rings (SSSR count). The number of nitrogens with zero attached hydrogens (tertiary/aromatic N) is 2. The van der Waals surface area contributed by atoms with Gasteiger partial charge in [-0.3, -0.25) is 9.79 Å². The van der Waals surface area contributed by atoms with E-state index in [1.54, 1.807) is 19.0 Å². The first-order chi connectivity index (χ1) is 11.1. The molecule has 0 heterocycles. The minimum Gasteiger partial charge on any atom is -0.356 e. The summed E-state index contributed by atoms with van der Waals surface area (Å²) >= 11 is 0. The fraction of sp³-hybridized carbons (Fsp3) is 0.529. The lowest BCUT2D eigenvalue weighted by molar-refractivity contribution is -0.122. The van der Waals surface area contributed by atoms with Crippen molar-refractivity contribution in [1.29, 1.82) is 0 Å². The Kier molecular flexibility index (Phi) is 9.91. The van der Waals surface area contributed by atoms with Crippen LogP contribution in [0.1, 0.15) is 26.3 Å². The van der Waals surface area contributed by atoms with E-state index in [4.69, 9.17) is 0 Å². The molecule has 0 unspecified atom stereocenters. The zero-order valence-corrected chi connectivity index (χ0v) is 17.7. The molecule has 0 aliphatic rings. The SMILES string of the molecule is CN=C(NCCc1cc(F)ccc1F)N(C)CC(=O)NC(C)(C)C.I. The molecule has 5 nitrogen and oxygen atoms in total. The molecule has 0 spiro atoms. The molecule has 0 bridgehead atoms. The van der Waals surface area contributed by atoms with Gasteiger partial charge in [-0.15, -0.1) is 24.0 Å². The normalized spacial score (nSPS) is 11.6. The van der Waals surface area contributed by atoms with Gasteiger partial charge in [0.2, 0.25) is 5.91 Å². The van der Waals surface area contributed by atoms with E-state index >= 15 is 0 Å². The maximum Gasteiger partial charge on any atom is 0.240 e. The molecule has 142 valence electrons. The summed E-state index contributed by atoms with van der Waals surface area (Å²) in [5, 5.41) is 5.91. The first-order valence-electron chi connectivity index (χ1n) is 7.79. The van der Waals surface area contributed by atoms with E-state index in [9.17, 15) is 13.6 Å². The number of guanidine groups is 1. The van der Waals surface area contributed by atoms with Crippen molar-refractivity contribution in [3.05, 3.63) is 35.4 Å². The van der Waals surface area contributed by atoms with Crippen LogP contribution in [0.3, 0.4) is 0 Å². The van der Waals surface area contributed by atoms with Crippen LogP contribution in [0, 0.1) is 11.6 Å². The minimum absolute atomic E-state index is 0. The van der Waals surface area contributed by atoms with Gasteiger partial charge in [-0.05, 0) is 51.0 Å². The zero-order chi connectivity index (χ0) is 18.3. The molecule has 0 atom stereocenters. The molecule has 0 fully saturated rings. The minimum atomic E-state index is -0.466. The van der Waals surface area contributed by atoms with Crippen molar-refractivity contribution >= 4 is 35.8 Å². The van der Waals surface area contributed by atoms with Crippen molar-refractivity contribution in [2.75, 3.05) is 27.2 Å². The Morgan fingerprint density at radius 2 is 1.92 bits per heavy atom. The molecule has 0 saturated heterocycles. The monoisotopic (exact) mass is 468 g/mol. The fourth-order valence-corrected chi connectivity index (χ4v) is 2.18. The third-order valence-corrected chi connectivity index (χ3v) is 3.15. The Labute approximate surface area is 165 Å². The second kappa shape index (κ2) is 10.5. The number of halogens is 3. The first-order valence-corrected chi connectivity index (χ1v) is 7.79. The molecule has 25 heavy (non-hydrogen) atoms. The van der Waals surface area contributed by atoms with Crippen molar-refractivity contribution < 1.29 is 13.6 Å². The standard InChI is InChI=1S/C17H26F2N4O.HI/c1-17(2,3)22-15(24)11-23(5)16(20-4)21-9-8-12-10-13(18)6-7-14(12)19;/h6-7,10H,8-9,11H2,1-5H3,(H,20,21)(H,22,24);1H. The smallest absolute Gasteiger partial charge is 0.240 e. The van der Waals surface area contributed by atoms with Gasteiger partial charge in [0.15, 0.2) is 5.96 Å². The molecule has 1 aromatic rings. The molecule has 0 aliphatic heterocycles. The average Bonchev–Trinajstić information content (AvgIpc) is 2.44. The number of hydrogen-bond acceptors (Lipinski definition) is 2. The zero-order valence-electron chi connectivity index (χ0n) is 15.3. The third-order valence-electron chi connectivity index (χ3n) is 3.15. The van der Waals surface area contributed by atoms with Gasteiger partial charge in [0, 0.05) is 26.2 Å². The molecular formula is C17H27F2IN4O. The van der Waals surface area contributed by atoms with Gasteiger partial charge in [-0.1, -0.05) is 0 Å². The van der Waals surface area contributed by atoms with Crippen LogP contribution >= 0.6 is 24.0 Å². The first kappa shape index (κ1) is 23.5. The van der Waals surface area contributed by atoms with Gasteiger partial charge in [0.05, 0.1) is 6.54 Å². The lowest BCUT2D eigenvalue weighted by Gasteiger charge is -2.25. The van der Waals surface area contributed by atoms with E-state index in [0.717, 1.165) is 12.1 Å². The molecule has 8 heteroatoms. The lowest BCUT2D eigenvalue weighted by atomic mass is 10.1. The van der Waals surface area contributed by atoms with Crippen LogP contribution in [0.5, 0.6) is 0 Å². The second-order valence-electron chi connectivity index (χ2n) is 6.61. The number of rotatable bonds is 5. The van der Waals surface area contributed by atoms with Crippen LogP contribution in [-0.2, 0) is 11.2 Å². The fourth-order valence-electron chi connectivity index (χ4n) is 2.18. The van der Waals surface area contributed by atoms with Gasteiger partial charge in [0.1, 0.15) is 11.6 Å². The number of hydrogen-bond donors (Lipinski definition) is 2. The van der Waals surface area contributed by atoms with Gasteiger partial charge in [-0.25, -0.2) is 8.78 Å². The Morgan fingerprint density at radius 1 is 1.28 bits per heavy atom. The van der Waals surface area contributed by atoms with Gasteiger partial charge >= 0.3 is 0 Å². The largest absolute Gasteiger partial charge is 0.356 e. The van der Waals surface area contributed by atoms with E-state index in [1.165, 1.54) is 6.07 Å². The maximum absolute atomic E-state index is 13.6. The van der Waals surface area contributed by atoms with Crippen molar-refractivity contribution in [3.8, 4) is 0 Å². The molecule has 2 N–H and O–H groups in total. The van der Waals surface area contributed by atoms with E-state index < -0.39 is 11.6 Å². The number of nitrogens with one attached hydrogen (secondary N) is 2. The Hall–Kier alpha value is -1.45. The van der Waals surface area contributed by atoms with Gasteiger partial charge in [0.25, 0.3) is 0 Å². The molecule has 0 radical (unpaired) electrons. The topological polar surface area (TPSA) is 56.7 Å². The van der Waals surface area contributed by atoms with Crippen molar-refractivity contribution in [3.63, 3.8) is 0 Å². The quantitative estimate of drug-likeness (QED) is 0.397. The number of benzene rings is 1. The molecular weight excluding hydrogens is 441 g/mol. The summed E-state index contributed by atoms with van der Waals surface area (Å²) in [6.45, 7) is 6.24. The van der Waals surface area contributed by atoms with Crippen LogP contribution < -0.4 is 10.6 Å². The Bertz CT molecular complexity index is 603. The summed E-state index contributed by atoms with van der Waals surface area (Å²) in [6.07, 6.45) is 0.310. The highest BCUT2D eigenvalue weighted by molar-refractivity contribution is 14.0. The van der Waals surface area contributed by atoms with Crippen LogP contribution in [0.2, 0.25) is 0 Å². The summed E-state index contributed by atoms with van der Waals surface area (Å²) in [7, 11) is 3.34. The van der Waals surface area contributed by atoms with E-state index in [1.807, 2.05) is 20.8 Å². The second-order valence-corrected chi connectivity index (χ2v) is 6.61. The molecule has 1 aromatic carbocycles. The van der Waals surface area contributed by atoms with Crippen LogP contribution in [0.4, 0.5) is 8.78 Å². The van der Waals surface area contributed by atoms with E-state index in [-0.39, 0.29) is 42.0 Å². The van der Waals surface area contributed by atoms with Crippen molar-refractivity contribution in [1.82, 2.24) is 15.5 Å². The Morgan fingerprint density at radius 3 is 2.48 bits per heavy atom. The summed E-state index contributed by atoms with van der Waals surface area (Å²) in [5.74, 6) is -0.516. The number of amides is 1. The average molecular weight is 468 g/mol. The van der Waals surface area contributed by atoms with Crippen LogP contribution in [0.15, 0.2) is 23.2 Å².